The van der Waals surface area contributed by atoms with Crippen LogP contribution in [0.5, 0.6) is 0 Å². The van der Waals surface area contributed by atoms with E-state index in [9.17, 15) is 0 Å². The largest absolute Gasteiger partial charge is 0.452 e. The summed E-state index contributed by atoms with van der Waals surface area (Å²) in [6.45, 7) is 0. The molecule has 0 atom stereocenters. The highest BCUT2D eigenvalue weighted by atomic mass is 16.3. The second-order valence-electron chi connectivity index (χ2n) is 14.8. The molecular weight excluding hydrogens is 671 g/mol. The fourth-order valence-electron chi connectivity index (χ4n) is 10.1. The number of para-hydroxylation sites is 1. The molecule has 0 unspecified atom stereocenters. The molecule has 0 bridgehead atoms. The lowest BCUT2D eigenvalue weighted by Gasteiger charge is -2.30. The molecule has 2 aliphatic rings. The molecule has 4 nitrogen and oxygen atoms in total. The van der Waals surface area contributed by atoms with Crippen LogP contribution in [0.1, 0.15) is 22.3 Å². The molecule has 254 valence electrons. The van der Waals surface area contributed by atoms with E-state index in [-0.39, 0.29) is 0 Å². The Morgan fingerprint density at radius 1 is 0.455 bits per heavy atom. The minimum atomic E-state index is -0.427. The Balaban J connectivity index is 1.17. The van der Waals surface area contributed by atoms with E-state index in [1.807, 2.05) is 6.07 Å². The van der Waals surface area contributed by atoms with Gasteiger partial charge >= 0.3 is 0 Å². The fourth-order valence-corrected chi connectivity index (χ4v) is 10.1. The molecule has 1 spiro atoms. The topological polar surface area (TPSA) is 43.9 Å². The summed E-state index contributed by atoms with van der Waals surface area (Å²) in [7, 11) is 0. The van der Waals surface area contributed by atoms with Crippen LogP contribution in [0.15, 0.2) is 180 Å². The Kier molecular flexibility index (Phi) is 5.54. The zero-order chi connectivity index (χ0) is 35.8. The van der Waals surface area contributed by atoms with Crippen LogP contribution in [-0.4, -0.2) is 14.5 Å². The van der Waals surface area contributed by atoms with E-state index in [1.54, 1.807) is 0 Å². The molecule has 2 aliphatic carbocycles. The highest BCUT2D eigenvalue weighted by Crippen LogP contribution is 2.63. The van der Waals surface area contributed by atoms with Crippen LogP contribution in [0.3, 0.4) is 0 Å². The maximum absolute atomic E-state index is 6.67. The van der Waals surface area contributed by atoms with Crippen molar-refractivity contribution in [3.63, 3.8) is 0 Å². The molecule has 0 amide bonds. The second kappa shape index (κ2) is 10.4. The van der Waals surface area contributed by atoms with Crippen molar-refractivity contribution in [2.24, 2.45) is 0 Å². The predicted molar refractivity (Wildman–Crippen MR) is 223 cm³/mol. The molecule has 55 heavy (non-hydrogen) atoms. The van der Waals surface area contributed by atoms with Crippen LogP contribution >= 0.6 is 0 Å². The van der Waals surface area contributed by atoms with E-state index in [1.165, 1.54) is 55.3 Å². The zero-order valence-electron chi connectivity index (χ0n) is 29.5. The number of rotatable bonds is 2. The van der Waals surface area contributed by atoms with Crippen LogP contribution in [0.4, 0.5) is 0 Å². The highest BCUT2D eigenvalue weighted by Gasteiger charge is 2.51. The monoisotopic (exact) mass is 699 g/mol. The van der Waals surface area contributed by atoms with Crippen molar-refractivity contribution in [2.75, 3.05) is 0 Å². The summed E-state index contributed by atoms with van der Waals surface area (Å²) in [6.07, 6.45) is 0. The van der Waals surface area contributed by atoms with Crippen molar-refractivity contribution in [2.45, 2.75) is 5.41 Å². The Labute approximate surface area is 315 Å². The number of furan rings is 1. The van der Waals surface area contributed by atoms with E-state index >= 15 is 0 Å². The molecule has 0 radical (unpaired) electrons. The van der Waals surface area contributed by atoms with Gasteiger partial charge in [-0.15, -0.1) is 0 Å². The summed E-state index contributed by atoms with van der Waals surface area (Å²) in [5, 5.41) is 5.61. The van der Waals surface area contributed by atoms with Gasteiger partial charge in [0, 0.05) is 16.3 Å². The average molecular weight is 700 g/mol. The third kappa shape index (κ3) is 3.61. The molecule has 0 N–H and O–H groups in total. The fraction of sp³-hybridized carbons (Fsp3) is 0.0196. The number of hydrogen-bond donors (Lipinski definition) is 0. The van der Waals surface area contributed by atoms with Gasteiger partial charge in [-0.2, -0.15) is 0 Å². The van der Waals surface area contributed by atoms with Gasteiger partial charge in [0.25, 0.3) is 0 Å². The molecule has 0 saturated heterocycles. The summed E-state index contributed by atoms with van der Waals surface area (Å²) < 4.78 is 8.94. The van der Waals surface area contributed by atoms with Gasteiger partial charge in [-0.25, -0.2) is 9.97 Å². The summed E-state index contributed by atoms with van der Waals surface area (Å²) in [4.78, 5) is 10.9. The Bertz CT molecular complexity index is 3400. The first kappa shape index (κ1) is 29.2. The van der Waals surface area contributed by atoms with Gasteiger partial charge in [0.1, 0.15) is 16.8 Å². The zero-order valence-corrected chi connectivity index (χ0v) is 29.5. The SMILES string of the molecule is c1ccc(-c2nc(-n3c4ccccc4c4cc5c(cc43)-c3ccccc3C53c4ccccc4-c4ccccc43)nc3c2oc2ccc4ccccc4c23)cc1. The molecule has 3 aromatic heterocycles. The number of nitrogens with zero attached hydrogens (tertiary/aromatic N) is 3. The first-order valence-electron chi connectivity index (χ1n) is 18.8. The molecule has 11 aromatic rings. The van der Waals surface area contributed by atoms with Gasteiger partial charge < -0.3 is 4.42 Å². The van der Waals surface area contributed by atoms with E-state index in [4.69, 9.17) is 14.4 Å². The molecular formula is C51H29N3O. The summed E-state index contributed by atoms with van der Waals surface area (Å²) >= 11 is 0. The number of benzene rings is 8. The first-order chi connectivity index (χ1) is 27.3. The number of aromatic nitrogens is 3. The van der Waals surface area contributed by atoms with E-state index in [0.29, 0.717) is 11.5 Å². The van der Waals surface area contributed by atoms with Crippen molar-refractivity contribution < 1.29 is 4.42 Å². The number of hydrogen-bond acceptors (Lipinski definition) is 3. The van der Waals surface area contributed by atoms with E-state index < -0.39 is 5.41 Å². The maximum Gasteiger partial charge on any atom is 0.236 e. The molecule has 0 saturated carbocycles. The van der Waals surface area contributed by atoms with E-state index in [2.05, 4.69) is 174 Å². The smallest absolute Gasteiger partial charge is 0.236 e. The lowest BCUT2D eigenvalue weighted by molar-refractivity contribution is 0.667. The second-order valence-corrected chi connectivity index (χ2v) is 14.8. The lowest BCUT2D eigenvalue weighted by Crippen LogP contribution is -2.25. The van der Waals surface area contributed by atoms with Gasteiger partial charge in [-0.1, -0.05) is 152 Å². The van der Waals surface area contributed by atoms with Gasteiger partial charge in [0.2, 0.25) is 5.95 Å². The molecule has 0 fully saturated rings. The Morgan fingerprint density at radius 3 is 1.82 bits per heavy atom. The van der Waals surface area contributed by atoms with Gasteiger partial charge in [-0.3, -0.25) is 4.57 Å². The predicted octanol–water partition coefficient (Wildman–Crippen LogP) is 12.6. The van der Waals surface area contributed by atoms with Crippen molar-refractivity contribution in [3.8, 4) is 39.5 Å². The van der Waals surface area contributed by atoms with Crippen molar-refractivity contribution in [3.05, 3.63) is 198 Å². The van der Waals surface area contributed by atoms with Crippen molar-refractivity contribution in [1.29, 1.82) is 0 Å². The van der Waals surface area contributed by atoms with Gasteiger partial charge in [0.15, 0.2) is 5.58 Å². The van der Waals surface area contributed by atoms with Gasteiger partial charge in [0.05, 0.1) is 21.8 Å². The molecule has 8 aromatic carbocycles. The molecule has 13 rings (SSSR count). The maximum atomic E-state index is 6.67. The molecule has 0 aliphatic heterocycles. The Morgan fingerprint density at radius 2 is 1.07 bits per heavy atom. The third-order valence-electron chi connectivity index (χ3n) is 12.2. The summed E-state index contributed by atoms with van der Waals surface area (Å²) in [5.74, 6) is 0.616. The summed E-state index contributed by atoms with van der Waals surface area (Å²) in [5.41, 5.74) is 16.2. The van der Waals surface area contributed by atoms with E-state index in [0.717, 1.165) is 49.5 Å². The quantitative estimate of drug-likeness (QED) is 0.180. The van der Waals surface area contributed by atoms with Crippen LogP contribution in [0.25, 0.3) is 94.1 Å². The minimum absolute atomic E-state index is 0.427. The van der Waals surface area contributed by atoms with Crippen LogP contribution in [0.2, 0.25) is 0 Å². The van der Waals surface area contributed by atoms with Crippen molar-refractivity contribution in [1.82, 2.24) is 14.5 Å². The van der Waals surface area contributed by atoms with Crippen LogP contribution in [-0.2, 0) is 5.41 Å². The first-order valence-corrected chi connectivity index (χ1v) is 18.8. The standard InChI is InChI=1S/C51H29N3O/c1-2-15-31(16-3-1)47-49-48(46-32-17-5-4-14-30(32)26-27-45(46)55-49)53-50(52-47)54-43-25-13-9-21-36(43)38-28-42-37(29-44(38)54)35-20-8-12-24-41(35)51(42)39-22-10-6-18-33(39)34-19-7-11-23-40(34)51/h1-29H. The van der Waals surface area contributed by atoms with Crippen molar-refractivity contribution >= 4 is 54.6 Å². The van der Waals surface area contributed by atoms with Gasteiger partial charge in [-0.05, 0) is 79.5 Å². The van der Waals surface area contributed by atoms with Crippen LogP contribution < -0.4 is 0 Å². The molecule has 4 heteroatoms. The third-order valence-corrected chi connectivity index (χ3v) is 12.2. The molecule has 3 heterocycles. The number of fused-ring (bicyclic) bond motifs is 18. The van der Waals surface area contributed by atoms with Crippen LogP contribution in [0, 0.1) is 0 Å². The minimum Gasteiger partial charge on any atom is -0.452 e. The Hall–Kier alpha value is -7.30. The normalized spacial score (nSPS) is 13.6. The highest BCUT2D eigenvalue weighted by molar-refractivity contribution is 6.19. The summed E-state index contributed by atoms with van der Waals surface area (Å²) in [6, 6.07) is 63.5. The average Bonchev–Trinajstić information content (AvgIpc) is 3.96. The lowest BCUT2D eigenvalue weighted by atomic mass is 9.70.